The molecule has 0 unspecified atom stereocenters. The molecule has 1 amide bonds. The summed E-state index contributed by atoms with van der Waals surface area (Å²) in [7, 11) is 0. The lowest BCUT2D eigenvalue weighted by Crippen LogP contribution is -2.45. The molecule has 0 saturated carbocycles. The Labute approximate surface area is 179 Å². The number of likely N-dealkylation sites (tertiary alicyclic amines) is 1. The molecule has 0 N–H and O–H groups in total. The summed E-state index contributed by atoms with van der Waals surface area (Å²) in [5.41, 5.74) is 1.54. The summed E-state index contributed by atoms with van der Waals surface area (Å²) in [4.78, 5) is 17.4. The first-order valence-corrected chi connectivity index (χ1v) is 10.8. The van der Waals surface area contributed by atoms with Crippen LogP contribution in [0.1, 0.15) is 43.5 Å². The average Bonchev–Trinajstić information content (AvgIpc) is 3.27. The molecule has 0 spiro atoms. The molecule has 0 aromatic heterocycles. The summed E-state index contributed by atoms with van der Waals surface area (Å²) in [5, 5.41) is 0.622. The first-order chi connectivity index (χ1) is 14.0. The minimum atomic E-state index is -0.0229. The molecule has 1 heterocycles. The average molecular weight is 415 g/mol. The van der Waals surface area contributed by atoms with Crippen molar-refractivity contribution in [3.05, 3.63) is 65.2 Å². The van der Waals surface area contributed by atoms with Crippen LogP contribution in [0.25, 0.3) is 0 Å². The molecule has 2 aromatic carbocycles. The third-order valence-corrected chi connectivity index (χ3v) is 5.71. The standard InChI is InChI=1S/C24H31ClN2O2/c1-24(2,26-14-6-7-15-26)19-29-17-9-16-27(22-13-8-12-21(25)18-22)23(28)20-10-4-3-5-11-20/h3-5,8,10-13,18H,6-7,9,14-17,19H2,1-2H3. The summed E-state index contributed by atoms with van der Waals surface area (Å²) in [5.74, 6) is -0.0229. The van der Waals surface area contributed by atoms with E-state index in [-0.39, 0.29) is 11.4 Å². The van der Waals surface area contributed by atoms with Gasteiger partial charge in [0, 0.05) is 35.0 Å². The van der Waals surface area contributed by atoms with E-state index in [0.29, 0.717) is 30.3 Å². The molecule has 0 aliphatic carbocycles. The molecule has 1 aliphatic rings. The number of carbonyl (C=O) groups is 1. The van der Waals surface area contributed by atoms with Crippen molar-refractivity contribution in [3.63, 3.8) is 0 Å². The third-order valence-electron chi connectivity index (χ3n) is 5.47. The Morgan fingerprint density at radius 3 is 2.52 bits per heavy atom. The van der Waals surface area contributed by atoms with E-state index in [0.717, 1.165) is 25.2 Å². The fraction of sp³-hybridized carbons (Fsp3) is 0.458. The highest BCUT2D eigenvalue weighted by molar-refractivity contribution is 6.31. The Morgan fingerprint density at radius 1 is 1.10 bits per heavy atom. The van der Waals surface area contributed by atoms with Gasteiger partial charge in [-0.1, -0.05) is 35.9 Å². The molecular formula is C24H31ClN2O2. The molecule has 1 fully saturated rings. The number of amides is 1. The zero-order chi connectivity index (χ0) is 20.7. The number of hydrogen-bond donors (Lipinski definition) is 0. The van der Waals surface area contributed by atoms with Gasteiger partial charge in [0.15, 0.2) is 0 Å². The number of carbonyl (C=O) groups excluding carboxylic acids is 1. The largest absolute Gasteiger partial charge is 0.379 e. The first-order valence-electron chi connectivity index (χ1n) is 10.4. The molecule has 0 bridgehead atoms. The number of hydrogen-bond acceptors (Lipinski definition) is 3. The van der Waals surface area contributed by atoms with Gasteiger partial charge in [-0.05, 0) is 76.5 Å². The van der Waals surface area contributed by atoms with Gasteiger partial charge in [0.25, 0.3) is 5.91 Å². The van der Waals surface area contributed by atoms with Crippen molar-refractivity contribution in [1.29, 1.82) is 0 Å². The van der Waals surface area contributed by atoms with Gasteiger partial charge in [-0.15, -0.1) is 0 Å². The highest BCUT2D eigenvalue weighted by Crippen LogP contribution is 2.23. The normalized spacial score (nSPS) is 14.9. The van der Waals surface area contributed by atoms with Crippen LogP contribution in [0.4, 0.5) is 5.69 Å². The van der Waals surface area contributed by atoms with Gasteiger partial charge < -0.3 is 9.64 Å². The number of nitrogens with zero attached hydrogens (tertiary/aromatic N) is 2. The van der Waals surface area contributed by atoms with Crippen molar-refractivity contribution in [2.75, 3.05) is 37.7 Å². The van der Waals surface area contributed by atoms with E-state index >= 15 is 0 Å². The second-order valence-electron chi connectivity index (χ2n) is 8.22. The molecule has 29 heavy (non-hydrogen) atoms. The Morgan fingerprint density at radius 2 is 1.83 bits per heavy atom. The van der Waals surface area contributed by atoms with Crippen LogP contribution in [0.2, 0.25) is 5.02 Å². The van der Waals surface area contributed by atoms with E-state index in [1.807, 2.05) is 54.6 Å². The van der Waals surface area contributed by atoms with Crippen molar-refractivity contribution in [2.24, 2.45) is 0 Å². The lowest BCUT2D eigenvalue weighted by Gasteiger charge is -2.35. The summed E-state index contributed by atoms with van der Waals surface area (Å²) in [6, 6.07) is 16.8. The highest BCUT2D eigenvalue weighted by Gasteiger charge is 2.29. The zero-order valence-electron chi connectivity index (χ0n) is 17.4. The molecule has 5 heteroatoms. The lowest BCUT2D eigenvalue weighted by atomic mass is 10.1. The Hall–Kier alpha value is -1.88. The van der Waals surface area contributed by atoms with Crippen LogP contribution in [0.5, 0.6) is 0 Å². The molecular weight excluding hydrogens is 384 g/mol. The molecule has 156 valence electrons. The summed E-state index contributed by atoms with van der Waals surface area (Å²) < 4.78 is 6.00. The maximum atomic E-state index is 13.1. The number of ether oxygens (including phenoxy) is 1. The summed E-state index contributed by atoms with van der Waals surface area (Å²) >= 11 is 6.17. The van der Waals surface area contributed by atoms with E-state index in [9.17, 15) is 4.79 Å². The first kappa shape index (κ1) is 21.8. The second-order valence-corrected chi connectivity index (χ2v) is 8.65. The Bertz CT molecular complexity index is 788. The Balaban J connectivity index is 1.58. The van der Waals surface area contributed by atoms with Gasteiger partial charge in [-0.2, -0.15) is 0 Å². The monoisotopic (exact) mass is 414 g/mol. The fourth-order valence-corrected chi connectivity index (χ4v) is 3.97. The van der Waals surface area contributed by atoms with E-state index in [1.54, 1.807) is 4.90 Å². The number of rotatable bonds is 9. The lowest BCUT2D eigenvalue weighted by molar-refractivity contribution is 0.0229. The molecule has 3 rings (SSSR count). The van der Waals surface area contributed by atoms with Crippen LogP contribution in [0.15, 0.2) is 54.6 Å². The van der Waals surface area contributed by atoms with Crippen molar-refractivity contribution >= 4 is 23.2 Å². The van der Waals surface area contributed by atoms with Gasteiger partial charge >= 0.3 is 0 Å². The molecule has 1 aliphatic heterocycles. The van der Waals surface area contributed by atoms with Crippen LogP contribution < -0.4 is 4.90 Å². The number of benzene rings is 2. The van der Waals surface area contributed by atoms with Crippen molar-refractivity contribution < 1.29 is 9.53 Å². The molecule has 1 saturated heterocycles. The summed E-state index contributed by atoms with van der Waals surface area (Å²) in [6.45, 7) is 8.71. The minimum absolute atomic E-state index is 0.0229. The van der Waals surface area contributed by atoms with Gasteiger partial charge in [0.1, 0.15) is 0 Å². The minimum Gasteiger partial charge on any atom is -0.379 e. The number of halogens is 1. The zero-order valence-corrected chi connectivity index (χ0v) is 18.2. The molecule has 4 nitrogen and oxygen atoms in total. The van der Waals surface area contributed by atoms with Crippen molar-refractivity contribution in [2.45, 2.75) is 38.6 Å². The van der Waals surface area contributed by atoms with Gasteiger partial charge in [-0.3, -0.25) is 9.69 Å². The highest BCUT2D eigenvalue weighted by atomic mass is 35.5. The SMILES string of the molecule is CC(C)(COCCCN(C(=O)c1ccccc1)c1cccc(Cl)c1)N1CCCC1. The molecule has 0 radical (unpaired) electrons. The Kier molecular flexibility index (Phi) is 7.70. The van der Waals surface area contributed by atoms with E-state index < -0.39 is 0 Å². The van der Waals surface area contributed by atoms with Crippen LogP contribution in [-0.2, 0) is 4.74 Å². The van der Waals surface area contributed by atoms with E-state index in [4.69, 9.17) is 16.3 Å². The van der Waals surface area contributed by atoms with Crippen LogP contribution in [0, 0.1) is 0 Å². The van der Waals surface area contributed by atoms with Gasteiger partial charge in [-0.25, -0.2) is 0 Å². The number of anilines is 1. The van der Waals surface area contributed by atoms with Crippen LogP contribution in [-0.4, -0.2) is 49.2 Å². The maximum Gasteiger partial charge on any atom is 0.258 e. The summed E-state index contributed by atoms with van der Waals surface area (Å²) in [6.07, 6.45) is 3.32. The maximum absolute atomic E-state index is 13.1. The fourth-order valence-electron chi connectivity index (χ4n) is 3.79. The predicted octanol–water partition coefficient (Wildman–Crippen LogP) is 5.27. The van der Waals surface area contributed by atoms with E-state index in [1.165, 1.54) is 12.8 Å². The van der Waals surface area contributed by atoms with Crippen molar-refractivity contribution in [1.82, 2.24) is 4.90 Å². The topological polar surface area (TPSA) is 32.8 Å². The van der Waals surface area contributed by atoms with E-state index in [2.05, 4.69) is 18.7 Å². The van der Waals surface area contributed by atoms with Crippen LogP contribution >= 0.6 is 11.6 Å². The molecule has 2 aromatic rings. The predicted molar refractivity (Wildman–Crippen MR) is 120 cm³/mol. The third kappa shape index (κ3) is 6.05. The van der Waals surface area contributed by atoms with Crippen molar-refractivity contribution in [3.8, 4) is 0 Å². The molecule has 0 atom stereocenters. The van der Waals surface area contributed by atoms with Gasteiger partial charge in [0.05, 0.1) is 6.61 Å². The smallest absolute Gasteiger partial charge is 0.258 e. The van der Waals surface area contributed by atoms with Gasteiger partial charge in [0.2, 0.25) is 0 Å². The van der Waals surface area contributed by atoms with Crippen LogP contribution in [0.3, 0.4) is 0 Å². The quantitative estimate of drug-likeness (QED) is 0.524. The second kappa shape index (κ2) is 10.2.